The highest BCUT2D eigenvalue weighted by Gasteiger charge is 2.35. The van der Waals surface area contributed by atoms with Crippen LogP contribution in [0.3, 0.4) is 0 Å². The average molecular weight is 217 g/mol. The van der Waals surface area contributed by atoms with Crippen LogP contribution in [0.1, 0.15) is 33.1 Å². The second-order valence-corrected chi connectivity index (χ2v) is 4.10. The van der Waals surface area contributed by atoms with Crippen molar-refractivity contribution in [3.05, 3.63) is 0 Å². The molecule has 0 rings (SSSR count). The fourth-order valence-electron chi connectivity index (χ4n) is 1.64. The molecular weight excluding hydrogens is 194 g/mol. The van der Waals surface area contributed by atoms with Crippen molar-refractivity contribution in [1.29, 1.82) is 0 Å². The maximum Gasteiger partial charge on any atom is 0.323 e. The molecule has 0 bridgehead atoms. The first-order valence-electron chi connectivity index (χ1n) is 5.42. The number of carboxylic acid groups (broad SMARTS) is 1. The molecule has 0 amide bonds. The molecule has 90 valence electrons. The van der Waals surface area contributed by atoms with Crippen LogP contribution in [0.4, 0.5) is 0 Å². The van der Waals surface area contributed by atoms with Crippen LogP contribution in [0.25, 0.3) is 0 Å². The summed E-state index contributed by atoms with van der Waals surface area (Å²) >= 11 is 0. The molecule has 0 aromatic carbocycles. The zero-order chi connectivity index (χ0) is 11.9. The molecule has 0 aliphatic heterocycles. The van der Waals surface area contributed by atoms with Crippen molar-refractivity contribution in [2.24, 2.45) is 0 Å². The molecule has 4 heteroatoms. The SMILES string of the molecule is CCCC(C)(C(=O)O)N(C)CCCOC. The first-order chi connectivity index (χ1) is 6.99. The fourth-order valence-corrected chi connectivity index (χ4v) is 1.64. The molecular formula is C11H23NO3. The monoisotopic (exact) mass is 217 g/mol. The van der Waals surface area contributed by atoms with E-state index >= 15 is 0 Å². The number of carboxylic acids is 1. The van der Waals surface area contributed by atoms with Crippen molar-refractivity contribution in [3.63, 3.8) is 0 Å². The third kappa shape index (κ3) is 4.18. The Hall–Kier alpha value is -0.610. The Balaban J connectivity index is 4.28. The number of hydrogen-bond donors (Lipinski definition) is 1. The van der Waals surface area contributed by atoms with Crippen molar-refractivity contribution in [2.45, 2.75) is 38.6 Å². The van der Waals surface area contributed by atoms with Crippen molar-refractivity contribution in [3.8, 4) is 0 Å². The Labute approximate surface area is 92.2 Å². The first-order valence-corrected chi connectivity index (χ1v) is 5.42. The smallest absolute Gasteiger partial charge is 0.323 e. The number of hydrogen-bond acceptors (Lipinski definition) is 3. The Morgan fingerprint density at radius 3 is 2.53 bits per heavy atom. The molecule has 0 saturated heterocycles. The summed E-state index contributed by atoms with van der Waals surface area (Å²) < 4.78 is 4.95. The van der Waals surface area contributed by atoms with Crippen LogP contribution in [-0.2, 0) is 9.53 Å². The van der Waals surface area contributed by atoms with Gasteiger partial charge >= 0.3 is 5.97 Å². The van der Waals surface area contributed by atoms with Gasteiger partial charge in [0.25, 0.3) is 0 Å². The van der Waals surface area contributed by atoms with Gasteiger partial charge in [0.1, 0.15) is 5.54 Å². The minimum atomic E-state index is -0.748. The number of likely N-dealkylation sites (N-methyl/N-ethyl adjacent to an activating group) is 1. The zero-order valence-electron chi connectivity index (χ0n) is 10.2. The summed E-state index contributed by atoms with van der Waals surface area (Å²) in [6.07, 6.45) is 2.41. The van der Waals surface area contributed by atoms with Crippen LogP contribution in [0, 0.1) is 0 Å². The Bertz CT molecular complexity index is 196. The summed E-state index contributed by atoms with van der Waals surface area (Å²) in [6, 6.07) is 0. The van der Waals surface area contributed by atoms with E-state index in [2.05, 4.69) is 0 Å². The molecule has 0 heterocycles. The number of rotatable bonds is 8. The lowest BCUT2D eigenvalue weighted by Gasteiger charge is -2.34. The van der Waals surface area contributed by atoms with Crippen molar-refractivity contribution in [2.75, 3.05) is 27.3 Å². The van der Waals surface area contributed by atoms with Gasteiger partial charge in [-0.3, -0.25) is 9.69 Å². The molecule has 1 unspecified atom stereocenters. The van der Waals surface area contributed by atoms with Gasteiger partial charge in [0, 0.05) is 20.3 Å². The molecule has 0 fully saturated rings. The van der Waals surface area contributed by atoms with Gasteiger partial charge in [-0.25, -0.2) is 0 Å². The van der Waals surface area contributed by atoms with Gasteiger partial charge in [0.15, 0.2) is 0 Å². The number of aliphatic carboxylic acids is 1. The molecule has 0 aliphatic rings. The lowest BCUT2D eigenvalue weighted by atomic mass is 9.94. The Kier molecular flexibility index (Phi) is 6.52. The molecule has 0 saturated carbocycles. The highest BCUT2D eigenvalue weighted by atomic mass is 16.5. The number of ether oxygens (including phenoxy) is 1. The highest BCUT2D eigenvalue weighted by molar-refractivity contribution is 5.78. The lowest BCUT2D eigenvalue weighted by molar-refractivity contribution is -0.150. The fraction of sp³-hybridized carbons (Fsp3) is 0.909. The Morgan fingerprint density at radius 2 is 2.13 bits per heavy atom. The van der Waals surface area contributed by atoms with E-state index in [0.717, 1.165) is 19.4 Å². The van der Waals surface area contributed by atoms with E-state index in [4.69, 9.17) is 4.74 Å². The van der Waals surface area contributed by atoms with E-state index in [1.54, 1.807) is 14.0 Å². The molecule has 0 aromatic rings. The highest BCUT2D eigenvalue weighted by Crippen LogP contribution is 2.20. The minimum absolute atomic E-state index is 0.672. The van der Waals surface area contributed by atoms with Gasteiger partial charge in [-0.2, -0.15) is 0 Å². The third-order valence-corrected chi connectivity index (χ3v) is 2.88. The van der Waals surface area contributed by atoms with Gasteiger partial charge in [-0.05, 0) is 26.8 Å². The topological polar surface area (TPSA) is 49.8 Å². The van der Waals surface area contributed by atoms with Crippen molar-refractivity contribution < 1.29 is 14.6 Å². The van der Waals surface area contributed by atoms with Gasteiger partial charge in [-0.15, -0.1) is 0 Å². The van der Waals surface area contributed by atoms with E-state index in [1.807, 2.05) is 18.9 Å². The second kappa shape index (κ2) is 6.80. The molecule has 0 aromatic heterocycles. The number of carbonyl (C=O) groups is 1. The predicted octanol–water partition coefficient (Wildman–Crippen LogP) is 1.60. The molecule has 15 heavy (non-hydrogen) atoms. The summed E-state index contributed by atoms with van der Waals surface area (Å²) in [5, 5.41) is 9.22. The number of methoxy groups -OCH3 is 1. The molecule has 0 aliphatic carbocycles. The van der Waals surface area contributed by atoms with Gasteiger partial charge in [0.2, 0.25) is 0 Å². The second-order valence-electron chi connectivity index (χ2n) is 4.10. The minimum Gasteiger partial charge on any atom is -0.480 e. The zero-order valence-corrected chi connectivity index (χ0v) is 10.2. The van der Waals surface area contributed by atoms with Crippen LogP contribution in [0.5, 0.6) is 0 Å². The average Bonchev–Trinajstić information content (AvgIpc) is 2.18. The molecule has 0 spiro atoms. The summed E-state index contributed by atoms with van der Waals surface area (Å²) in [7, 11) is 3.52. The van der Waals surface area contributed by atoms with E-state index in [0.29, 0.717) is 13.0 Å². The van der Waals surface area contributed by atoms with Crippen LogP contribution in [0.15, 0.2) is 0 Å². The molecule has 0 radical (unpaired) electrons. The Morgan fingerprint density at radius 1 is 1.53 bits per heavy atom. The van der Waals surface area contributed by atoms with E-state index in [1.165, 1.54) is 0 Å². The summed E-state index contributed by atoms with van der Waals surface area (Å²) in [6.45, 7) is 5.21. The van der Waals surface area contributed by atoms with Gasteiger partial charge in [-0.1, -0.05) is 13.3 Å². The summed E-state index contributed by atoms with van der Waals surface area (Å²) in [4.78, 5) is 13.1. The summed E-state index contributed by atoms with van der Waals surface area (Å²) in [5.74, 6) is -0.746. The largest absolute Gasteiger partial charge is 0.480 e. The summed E-state index contributed by atoms with van der Waals surface area (Å²) in [5.41, 5.74) is -0.748. The molecule has 1 atom stereocenters. The van der Waals surface area contributed by atoms with Crippen molar-refractivity contribution in [1.82, 2.24) is 4.90 Å². The van der Waals surface area contributed by atoms with E-state index < -0.39 is 11.5 Å². The van der Waals surface area contributed by atoms with E-state index in [9.17, 15) is 9.90 Å². The predicted molar refractivity (Wildman–Crippen MR) is 60.1 cm³/mol. The normalized spacial score (nSPS) is 15.3. The third-order valence-electron chi connectivity index (χ3n) is 2.88. The van der Waals surface area contributed by atoms with Gasteiger partial charge < -0.3 is 9.84 Å². The quantitative estimate of drug-likeness (QED) is 0.627. The van der Waals surface area contributed by atoms with Crippen LogP contribution in [-0.4, -0.2) is 48.8 Å². The van der Waals surface area contributed by atoms with E-state index in [-0.39, 0.29) is 0 Å². The van der Waals surface area contributed by atoms with Crippen molar-refractivity contribution >= 4 is 5.97 Å². The molecule has 4 nitrogen and oxygen atoms in total. The van der Waals surface area contributed by atoms with Crippen LogP contribution >= 0.6 is 0 Å². The lowest BCUT2D eigenvalue weighted by Crippen LogP contribution is -2.50. The molecule has 1 N–H and O–H groups in total. The van der Waals surface area contributed by atoms with Crippen LogP contribution < -0.4 is 0 Å². The first kappa shape index (κ1) is 14.4. The maximum atomic E-state index is 11.2. The van der Waals surface area contributed by atoms with Gasteiger partial charge in [0.05, 0.1) is 0 Å². The number of nitrogens with zero attached hydrogens (tertiary/aromatic N) is 1. The standard InChI is InChI=1S/C11H23NO3/c1-5-7-11(2,10(13)14)12(3)8-6-9-15-4/h5-9H2,1-4H3,(H,13,14). The van der Waals surface area contributed by atoms with Crippen LogP contribution in [0.2, 0.25) is 0 Å². The maximum absolute atomic E-state index is 11.2.